The monoisotopic (exact) mass is 1850 g/mol. The second kappa shape index (κ2) is 31.3. The third-order valence-electron chi connectivity index (χ3n) is 21.7. The summed E-state index contributed by atoms with van der Waals surface area (Å²) in [4.78, 5) is 151. The fourth-order valence-electron chi connectivity index (χ4n) is 15.4. The van der Waals surface area contributed by atoms with Crippen LogP contribution in [0, 0.1) is 0 Å². The molecule has 0 saturated carbocycles. The lowest BCUT2D eigenvalue weighted by Gasteiger charge is -2.44. The summed E-state index contributed by atoms with van der Waals surface area (Å²) < 4.78 is 69.3. The Morgan fingerprint density at radius 2 is 0.436 bits per heavy atom. The van der Waals surface area contributed by atoms with E-state index in [0.717, 1.165) is 0 Å². The van der Waals surface area contributed by atoms with Crippen LogP contribution in [0.25, 0.3) is 55.6 Å². The lowest BCUT2D eigenvalue weighted by molar-refractivity contribution is -0.283. The van der Waals surface area contributed by atoms with Crippen LogP contribution in [-0.2, 0) is 56.8 Å². The van der Waals surface area contributed by atoms with Crippen LogP contribution in [0.4, 0.5) is 0 Å². The van der Waals surface area contributed by atoms with Gasteiger partial charge < -0.3 is 205 Å². The highest BCUT2D eigenvalue weighted by molar-refractivity contribution is 6.14. The SMILES string of the molecule is O=C(OC1OC2COC(=O)c3cc(-c4c(C(=O)OC5OC6COC(=O)c7cc(O)c(O)c(O)c7-c7c(cc(O)c(O)c7O)C(=O)OC6C6OC(=O)c7cc(O)c(O)c(O)c7-c7c(cc(O)c(O)c7O)C(=O)OC56)cc(O)c(O)c4O)c(O)c(O)c3-c3c(cc(O)c(O)c3O)C(=O)OC2C2OC(=O)c3cc(O)c(O)c(O)c3-c3c(cc(O)c(O)c3O)C(=O)OC12)c1cc(O)c(O)c(O)c1. The number of esters is 10. The molecule has 10 unspecified atom stereocenters. The van der Waals surface area contributed by atoms with Crippen LogP contribution in [-0.4, -0.2) is 282 Å². The number of hydrogen-bond donors (Lipinski definition) is 29. The van der Waals surface area contributed by atoms with Gasteiger partial charge in [0.05, 0.1) is 55.6 Å². The highest BCUT2D eigenvalue weighted by Gasteiger charge is 2.59. The number of ether oxygens (including phenoxy) is 12. The summed E-state index contributed by atoms with van der Waals surface area (Å²) in [5.41, 5.74) is -27.2. The number of carbonyl (C=O) groups excluding carboxylic acids is 10. The predicted molar refractivity (Wildman–Crippen MR) is 412 cm³/mol. The largest absolute Gasteiger partial charge is 0.504 e. The molecule has 2 fully saturated rings. The van der Waals surface area contributed by atoms with E-state index in [1.165, 1.54) is 0 Å². The zero-order valence-electron chi connectivity index (χ0n) is 65.0. The lowest BCUT2D eigenvalue weighted by Crippen LogP contribution is -2.63. The van der Waals surface area contributed by atoms with Crippen LogP contribution in [0.15, 0.2) is 66.7 Å². The molecule has 2 saturated heterocycles. The van der Waals surface area contributed by atoms with Gasteiger partial charge >= 0.3 is 59.7 Å². The number of aromatic hydroxyl groups is 29. The Balaban J connectivity index is 0.850. The first-order valence-electron chi connectivity index (χ1n) is 37.1. The molecule has 0 radical (unpaired) electrons. The van der Waals surface area contributed by atoms with Crippen LogP contribution < -0.4 is 0 Å². The second-order valence-corrected chi connectivity index (χ2v) is 29.3. The average Bonchev–Trinajstić information content (AvgIpc) is 1.42. The third kappa shape index (κ3) is 13.7. The van der Waals surface area contributed by atoms with Crippen LogP contribution in [0.1, 0.15) is 104 Å². The molecule has 10 aromatic carbocycles. The van der Waals surface area contributed by atoms with E-state index in [2.05, 4.69) is 0 Å². The van der Waals surface area contributed by atoms with Crippen molar-refractivity contribution >= 4 is 59.7 Å². The molecule has 16 rings (SSSR count). The molecular formula is C82H54O51. The molecule has 10 aromatic rings. The topological polar surface area (TPSA) is 868 Å². The predicted octanol–water partition coefficient (Wildman–Crippen LogP) is 3.57. The zero-order valence-corrected chi connectivity index (χ0v) is 65.0. The van der Waals surface area contributed by atoms with Crippen LogP contribution >= 0.6 is 0 Å². The second-order valence-electron chi connectivity index (χ2n) is 29.3. The molecule has 688 valence electrons. The Morgan fingerprint density at radius 3 is 0.722 bits per heavy atom. The van der Waals surface area contributed by atoms with Crippen molar-refractivity contribution < 1.29 is 253 Å². The van der Waals surface area contributed by atoms with E-state index in [1.54, 1.807) is 0 Å². The van der Waals surface area contributed by atoms with Gasteiger partial charge in [-0.1, -0.05) is 0 Å². The highest BCUT2D eigenvalue weighted by Crippen LogP contribution is 2.61. The molecule has 0 spiro atoms. The summed E-state index contributed by atoms with van der Waals surface area (Å²) in [5, 5.41) is 325. The smallest absolute Gasteiger partial charge is 0.341 e. The van der Waals surface area contributed by atoms with Gasteiger partial charge in [-0.3, -0.25) is 0 Å². The van der Waals surface area contributed by atoms with Crippen LogP contribution in [0.3, 0.4) is 0 Å². The Morgan fingerprint density at radius 1 is 0.218 bits per heavy atom. The Labute approximate surface area is 729 Å². The molecule has 0 amide bonds. The Bertz CT molecular complexity index is 6940. The molecule has 6 aliphatic heterocycles. The van der Waals surface area contributed by atoms with Gasteiger partial charge in [-0.15, -0.1) is 0 Å². The number of rotatable bonds is 5. The van der Waals surface area contributed by atoms with E-state index in [9.17, 15) is 162 Å². The van der Waals surface area contributed by atoms with Gasteiger partial charge in [0.2, 0.25) is 70.8 Å². The number of carbonyl (C=O) groups is 10. The first kappa shape index (κ1) is 87.5. The standard InChI is InChI=1S/C82H54O51/c83-25-1-14(2-26(84)47(25)94)71(112)132-81-69-67(128-76(117)21-8-31(89)52(99)61(108)42(21)44-23(78(119)130-69)10-33(91)54(101)63(44)110)65-35(124-81)12-122-72(113)16-3-15(46(93)57(104)38(16)40-19(74(115)126-65)6-29(87)50(97)59(40)106)37-17(4-27(85)48(95)56(37)103)80(121)133-82-70-68(129-77(118)22-9-32(90)53(100)62(109)43(22)45-24(79(120)131-70)11-34(92)55(102)64(45)111)66-36(125-82)13-123-73(114)18-5-28(86)49(96)58(105)39(18)41-20(75(116)127-66)7-30(88)51(98)60(41)107/h1-11,35-36,65-70,81-111H,12-13H2. The van der Waals surface area contributed by atoms with Crippen LogP contribution in [0.5, 0.6) is 167 Å². The van der Waals surface area contributed by atoms with E-state index in [1.807, 2.05) is 0 Å². The maximum Gasteiger partial charge on any atom is 0.341 e. The fourth-order valence-corrected chi connectivity index (χ4v) is 15.4. The normalized spacial score (nSPS) is 20.2. The van der Waals surface area contributed by atoms with Crippen molar-refractivity contribution in [2.75, 3.05) is 13.2 Å². The summed E-state index contributed by atoms with van der Waals surface area (Å²) in [6, 6.07) is 2.92. The van der Waals surface area contributed by atoms with E-state index in [-0.39, 0.29) is 42.5 Å². The zero-order chi connectivity index (χ0) is 96.5. The van der Waals surface area contributed by atoms with Gasteiger partial charge in [-0.25, -0.2) is 47.9 Å². The lowest BCUT2D eigenvalue weighted by atomic mass is 9.87. The van der Waals surface area contributed by atoms with Crippen molar-refractivity contribution in [1.82, 2.24) is 0 Å². The fraction of sp³-hybridized carbons (Fsp3) is 0.146. The summed E-state index contributed by atoms with van der Waals surface area (Å²) in [5.74, 6) is -66.4. The number of phenols is 29. The maximum atomic E-state index is 15.8. The molecule has 6 heterocycles. The minimum atomic E-state index is -3.15. The van der Waals surface area contributed by atoms with Crippen molar-refractivity contribution in [3.8, 4) is 222 Å². The summed E-state index contributed by atoms with van der Waals surface area (Å²) >= 11 is 0. The van der Waals surface area contributed by atoms with E-state index >= 15 is 33.6 Å². The minimum Gasteiger partial charge on any atom is -0.504 e. The quantitative estimate of drug-likeness (QED) is 0.0665. The molecular weight excluding hydrogens is 1800 g/mol. The summed E-state index contributed by atoms with van der Waals surface area (Å²) in [7, 11) is 0. The van der Waals surface area contributed by atoms with Crippen LogP contribution in [0.2, 0.25) is 0 Å². The molecule has 0 aromatic heterocycles. The Kier molecular flexibility index (Phi) is 20.6. The maximum absolute atomic E-state index is 15.8. The number of phenolic OH excluding ortho intramolecular Hbond substituents is 29. The van der Waals surface area contributed by atoms with Crippen molar-refractivity contribution in [3.05, 3.63) is 122 Å². The summed E-state index contributed by atoms with van der Waals surface area (Å²) in [6.07, 6.45) is -28.5. The van der Waals surface area contributed by atoms with Gasteiger partial charge in [-0.2, -0.15) is 0 Å². The Hall–Kier alpha value is -19.0. The van der Waals surface area contributed by atoms with E-state index in [4.69, 9.17) is 56.8 Å². The van der Waals surface area contributed by atoms with Gasteiger partial charge in [-0.05, 0) is 66.7 Å². The first-order valence-corrected chi connectivity index (χ1v) is 37.1. The number of fused-ring (bicyclic) bond motifs is 18. The highest BCUT2D eigenvalue weighted by atomic mass is 16.8. The molecule has 10 atom stereocenters. The first-order chi connectivity index (χ1) is 62.6. The van der Waals surface area contributed by atoms with Gasteiger partial charge in [0.1, 0.15) is 25.4 Å². The molecule has 0 aliphatic carbocycles. The molecule has 0 bridgehead atoms. The van der Waals surface area contributed by atoms with Crippen molar-refractivity contribution in [3.63, 3.8) is 0 Å². The average molecular weight is 1860 g/mol. The van der Waals surface area contributed by atoms with E-state index < -0.39 is 412 Å². The molecule has 133 heavy (non-hydrogen) atoms. The molecule has 29 N–H and O–H groups in total. The van der Waals surface area contributed by atoms with Gasteiger partial charge in [0.25, 0.3) is 0 Å². The molecule has 6 aliphatic rings. The molecule has 51 nitrogen and oxygen atoms in total. The van der Waals surface area contributed by atoms with Gasteiger partial charge in [0, 0.05) is 55.6 Å². The minimum absolute atomic E-state index is 0.0903. The summed E-state index contributed by atoms with van der Waals surface area (Å²) in [6.45, 7) is -3.30. The van der Waals surface area contributed by atoms with E-state index in [0.29, 0.717) is 24.3 Å². The van der Waals surface area contributed by atoms with Gasteiger partial charge in [0.15, 0.2) is 145 Å². The van der Waals surface area contributed by atoms with Crippen molar-refractivity contribution in [1.29, 1.82) is 0 Å². The van der Waals surface area contributed by atoms with Crippen molar-refractivity contribution in [2.45, 2.75) is 61.4 Å². The number of benzene rings is 10. The third-order valence-corrected chi connectivity index (χ3v) is 21.7. The van der Waals surface area contributed by atoms with Crippen molar-refractivity contribution in [2.24, 2.45) is 0 Å². The molecule has 51 heteroatoms. The number of hydrogen-bond acceptors (Lipinski definition) is 51. The number of cyclic esters (lactones) is 2.